The van der Waals surface area contributed by atoms with E-state index in [-0.39, 0.29) is 0 Å². The van der Waals surface area contributed by atoms with Crippen molar-refractivity contribution in [3.05, 3.63) is 24.8 Å². The number of rotatable bonds is 7. The maximum Gasteiger partial charge on any atom is 0.320 e. The zero-order chi connectivity index (χ0) is 14.4. The summed E-state index contributed by atoms with van der Waals surface area (Å²) in [7, 11) is 0. The van der Waals surface area contributed by atoms with Gasteiger partial charge in [-0.05, 0) is 75.7 Å². The van der Waals surface area contributed by atoms with Crippen LogP contribution in [0.25, 0.3) is 0 Å². The second-order valence-electron chi connectivity index (χ2n) is 3.93. The number of hydrogen-bond acceptors (Lipinski definition) is 3. The van der Waals surface area contributed by atoms with Crippen molar-refractivity contribution in [3.63, 3.8) is 0 Å². The molecule has 0 aliphatic heterocycles. The quantitative estimate of drug-likeness (QED) is 0.309. The van der Waals surface area contributed by atoms with Crippen LogP contribution in [0.4, 0.5) is 0 Å². The molecule has 1 atom stereocenters. The van der Waals surface area contributed by atoms with Gasteiger partial charge in [0.2, 0.25) is 0 Å². The van der Waals surface area contributed by atoms with Crippen LogP contribution in [0, 0.1) is 7.14 Å². The van der Waals surface area contributed by atoms with Crippen molar-refractivity contribution in [1.82, 2.24) is 0 Å². The monoisotopic (exact) mass is 553 g/mol. The Labute approximate surface area is 147 Å². The first-order valence-corrected chi connectivity index (χ1v) is 8.88. The smallest absolute Gasteiger partial charge is 0.320 e. The highest BCUT2D eigenvalue weighted by Crippen LogP contribution is 2.29. The molecule has 0 aromatic heterocycles. The Kier molecular flexibility index (Phi) is 7.92. The van der Waals surface area contributed by atoms with E-state index in [2.05, 4.69) is 61.1 Å². The summed E-state index contributed by atoms with van der Waals surface area (Å²) in [4.78, 5) is 10.8. The minimum Gasteiger partial charge on any atom is -0.491 e. The third-order valence-corrected chi connectivity index (χ3v) is 4.52. The van der Waals surface area contributed by atoms with Gasteiger partial charge < -0.3 is 15.6 Å². The fourth-order valence-corrected chi connectivity index (χ4v) is 3.88. The van der Waals surface area contributed by atoms with Crippen LogP contribution in [-0.4, -0.2) is 29.1 Å². The van der Waals surface area contributed by atoms with E-state index < -0.39 is 12.0 Å². The van der Waals surface area contributed by atoms with E-state index in [1.54, 1.807) is 0 Å². The summed E-state index contributed by atoms with van der Waals surface area (Å²) >= 11 is 7.75. The number of halogens is 3. The molecule has 0 amide bonds. The molecule has 0 heterocycles. The SMILES string of the molecule is N[C@@H](Cc1cc(I)c(OCCCBr)c(I)c1)C(=O)O. The normalized spacial score (nSPS) is 12.2. The predicted octanol–water partition coefficient (Wildman–Crippen LogP) is 3.01. The number of benzene rings is 1. The molecule has 0 unspecified atom stereocenters. The van der Waals surface area contributed by atoms with Crippen molar-refractivity contribution in [2.45, 2.75) is 18.9 Å². The molecule has 0 aliphatic carbocycles. The van der Waals surface area contributed by atoms with E-state index in [0.29, 0.717) is 13.0 Å². The van der Waals surface area contributed by atoms with Gasteiger partial charge in [0.05, 0.1) is 13.7 Å². The molecule has 0 saturated heterocycles. The molecular weight excluding hydrogens is 540 g/mol. The second kappa shape index (κ2) is 8.63. The molecule has 1 rings (SSSR count). The van der Waals surface area contributed by atoms with Crippen molar-refractivity contribution >= 4 is 67.1 Å². The first kappa shape index (κ1) is 17.4. The molecule has 0 radical (unpaired) electrons. The molecule has 0 saturated carbocycles. The second-order valence-corrected chi connectivity index (χ2v) is 7.05. The number of alkyl halides is 1. The minimum absolute atomic E-state index is 0.322. The lowest BCUT2D eigenvalue weighted by atomic mass is 10.1. The van der Waals surface area contributed by atoms with Gasteiger partial charge in [-0.15, -0.1) is 0 Å². The number of aliphatic carboxylic acids is 1. The van der Waals surface area contributed by atoms with Gasteiger partial charge >= 0.3 is 5.97 Å². The van der Waals surface area contributed by atoms with E-state index >= 15 is 0 Å². The molecule has 0 fully saturated rings. The Hall–Kier alpha value is 0.390. The van der Waals surface area contributed by atoms with E-state index in [1.165, 1.54) is 0 Å². The molecule has 1 aromatic carbocycles. The van der Waals surface area contributed by atoms with Crippen molar-refractivity contribution in [2.24, 2.45) is 5.73 Å². The average Bonchev–Trinajstić information content (AvgIpc) is 2.32. The topological polar surface area (TPSA) is 72.5 Å². The van der Waals surface area contributed by atoms with Gasteiger partial charge in [0.15, 0.2) is 0 Å². The Bertz CT molecular complexity index is 434. The highest BCUT2D eigenvalue weighted by molar-refractivity contribution is 14.1. The minimum atomic E-state index is -0.984. The van der Waals surface area contributed by atoms with Crippen LogP contribution in [0.2, 0.25) is 0 Å². The molecule has 1 aromatic rings. The zero-order valence-corrected chi connectivity index (χ0v) is 15.9. The van der Waals surface area contributed by atoms with Gasteiger partial charge in [-0.25, -0.2) is 0 Å². The largest absolute Gasteiger partial charge is 0.491 e. The Balaban J connectivity index is 2.81. The van der Waals surface area contributed by atoms with Gasteiger partial charge in [-0.1, -0.05) is 15.9 Å². The van der Waals surface area contributed by atoms with Crippen LogP contribution in [0.1, 0.15) is 12.0 Å². The molecule has 106 valence electrons. The van der Waals surface area contributed by atoms with Gasteiger partial charge in [-0.3, -0.25) is 4.79 Å². The van der Waals surface area contributed by atoms with Crippen LogP contribution < -0.4 is 10.5 Å². The van der Waals surface area contributed by atoms with Gasteiger partial charge in [0.1, 0.15) is 11.8 Å². The number of carbonyl (C=O) groups is 1. The first-order valence-electron chi connectivity index (χ1n) is 5.60. The van der Waals surface area contributed by atoms with Crippen LogP contribution in [0.3, 0.4) is 0 Å². The third-order valence-electron chi connectivity index (χ3n) is 2.36. The van der Waals surface area contributed by atoms with E-state index in [4.69, 9.17) is 15.6 Å². The highest BCUT2D eigenvalue weighted by atomic mass is 127. The fourth-order valence-electron chi connectivity index (χ4n) is 1.44. The molecule has 7 heteroatoms. The summed E-state index contributed by atoms with van der Waals surface area (Å²) in [6, 6.07) is 2.98. The van der Waals surface area contributed by atoms with E-state index in [1.807, 2.05) is 12.1 Å². The van der Waals surface area contributed by atoms with E-state index in [0.717, 1.165) is 30.2 Å². The molecule has 0 spiro atoms. The summed E-state index contributed by atoms with van der Waals surface area (Å²) in [5, 5.41) is 9.73. The number of carboxylic acid groups (broad SMARTS) is 1. The summed E-state index contributed by atoms with van der Waals surface area (Å²) in [6.45, 7) is 0.658. The third kappa shape index (κ3) is 5.72. The fraction of sp³-hybridized carbons (Fsp3) is 0.417. The number of hydrogen-bond donors (Lipinski definition) is 2. The van der Waals surface area contributed by atoms with E-state index in [9.17, 15) is 4.79 Å². The molecule has 3 N–H and O–H groups in total. The maximum atomic E-state index is 10.8. The standard InChI is InChI=1S/C12H14BrI2NO3/c13-2-1-3-19-11-8(14)4-7(5-9(11)15)6-10(16)12(17)18/h4-5,10H,1-3,6,16H2,(H,17,18)/t10-/m0/s1. The lowest BCUT2D eigenvalue weighted by molar-refractivity contribution is -0.138. The molecular formula is C12H14BrI2NO3. The van der Waals surface area contributed by atoms with Crippen LogP contribution in [0.15, 0.2) is 12.1 Å². The summed E-state index contributed by atoms with van der Waals surface area (Å²) in [6.07, 6.45) is 1.26. The number of ether oxygens (including phenoxy) is 1. The summed E-state index contributed by atoms with van der Waals surface area (Å²) in [5.41, 5.74) is 6.46. The van der Waals surface area contributed by atoms with Crippen molar-refractivity contribution in [2.75, 3.05) is 11.9 Å². The Morgan fingerprint density at radius 3 is 2.47 bits per heavy atom. The number of carboxylic acids is 1. The maximum absolute atomic E-state index is 10.8. The van der Waals surface area contributed by atoms with Crippen molar-refractivity contribution < 1.29 is 14.6 Å². The average molecular weight is 554 g/mol. The summed E-state index contributed by atoms with van der Waals surface area (Å²) < 4.78 is 7.68. The first-order chi connectivity index (χ1) is 8.95. The molecule has 0 aliphatic rings. The lowest BCUT2D eigenvalue weighted by Gasteiger charge is -2.13. The van der Waals surface area contributed by atoms with Gasteiger partial charge in [-0.2, -0.15) is 0 Å². The molecule has 4 nitrogen and oxygen atoms in total. The molecule has 19 heavy (non-hydrogen) atoms. The summed E-state index contributed by atoms with van der Waals surface area (Å²) in [5.74, 6) is -0.127. The Morgan fingerprint density at radius 1 is 1.42 bits per heavy atom. The van der Waals surface area contributed by atoms with Crippen LogP contribution in [-0.2, 0) is 11.2 Å². The Morgan fingerprint density at radius 2 is 2.00 bits per heavy atom. The van der Waals surface area contributed by atoms with Gasteiger partial charge in [0, 0.05) is 5.33 Å². The zero-order valence-electron chi connectivity index (χ0n) is 10.0. The van der Waals surface area contributed by atoms with Crippen LogP contribution >= 0.6 is 61.1 Å². The highest BCUT2D eigenvalue weighted by Gasteiger charge is 2.15. The lowest BCUT2D eigenvalue weighted by Crippen LogP contribution is -2.32. The number of nitrogens with two attached hydrogens (primary N) is 1. The van der Waals surface area contributed by atoms with Crippen LogP contribution in [0.5, 0.6) is 5.75 Å². The molecule has 0 bridgehead atoms. The van der Waals surface area contributed by atoms with Crippen molar-refractivity contribution in [1.29, 1.82) is 0 Å². The van der Waals surface area contributed by atoms with Gasteiger partial charge in [0.25, 0.3) is 0 Å². The van der Waals surface area contributed by atoms with Crippen molar-refractivity contribution in [3.8, 4) is 5.75 Å². The predicted molar refractivity (Wildman–Crippen MR) is 95.1 cm³/mol.